The van der Waals surface area contributed by atoms with Gasteiger partial charge < -0.3 is 9.30 Å². The van der Waals surface area contributed by atoms with Gasteiger partial charge in [-0.25, -0.2) is 4.79 Å². The first-order chi connectivity index (χ1) is 10.1. The largest absolute Gasteiger partial charge is 0.464 e. The topological polar surface area (TPSA) is 48.3 Å². The molecule has 0 fully saturated rings. The Morgan fingerprint density at radius 1 is 1.24 bits per heavy atom. The van der Waals surface area contributed by atoms with Gasteiger partial charge in [0, 0.05) is 16.8 Å². The summed E-state index contributed by atoms with van der Waals surface area (Å²) in [7, 11) is 1.30. The molecule has 0 amide bonds. The van der Waals surface area contributed by atoms with E-state index >= 15 is 0 Å². The number of aromatic nitrogens is 1. The predicted octanol–water partition coefficient (Wildman–Crippen LogP) is 3.41. The van der Waals surface area contributed by atoms with Crippen molar-refractivity contribution in [3.8, 4) is 0 Å². The molecular weight excluding hydrogens is 290 g/mol. The number of methoxy groups -OCH3 is 1. The van der Waals surface area contributed by atoms with Crippen LogP contribution >= 0.6 is 11.6 Å². The number of ether oxygens (including phenoxy) is 1. The average Bonchev–Trinajstić information content (AvgIpc) is 2.96. The fraction of sp³-hybridized carbons (Fsp3) is 0.125. The molecule has 0 radical (unpaired) electrons. The smallest absolute Gasteiger partial charge is 0.354 e. The van der Waals surface area contributed by atoms with E-state index in [4.69, 9.17) is 16.3 Å². The van der Waals surface area contributed by atoms with E-state index in [1.807, 2.05) is 0 Å². The number of rotatable bonds is 4. The fourth-order valence-corrected chi connectivity index (χ4v) is 2.20. The number of esters is 1. The highest BCUT2D eigenvalue weighted by molar-refractivity contribution is 6.31. The van der Waals surface area contributed by atoms with Crippen LogP contribution in [0.25, 0.3) is 5.70 Å². The lowest BCUT2D eigenvalue weighted by molar-refractivity contribution is -0.134. The normalized spacial score (nSPS) is 11.3. The van der Waals surface area contributed by atoms with Crippen molar-refractivity contribution in [3.05, 3.63) is 65.0 Å². The minimum absolute atomic E-state index is 0.217. The summed E-state index contributed by atoms with van der Waals surface area (Å²) in [5, 5.41) is 0.484. The summed E-state index contributed by atoms with van der Waals surface area (Å²) in [5.74, 6) is -0.723. The van der Waals surface area contributed by atoms with E-state index in [-0.39, 0.29) is 11.5 Å². The Balaban J connectivity index is 2.45. The van der Waals surface area contributed by atoms with Gasteiger partial charge in [-0.2, -0.15) is 0 Å². The number of nitrogens with zero attached hydrogens (tertiary/aromatic N) is 1. The van der Waals surface area contributed by atoms with E-state index in [0.717, 1.165) is 0 Å². The van der Waals surface area contributed by atoms with Gasteiger partial charge in [-0.3, -0.25) is 4.79 Å². The SMILES string of the molecule is CC=C(C(=O)OC)n1cccc1C(=O)c1cccc(Cl)c1. The lowest BCUT2D eigenvalue weighted by Crippen LogP contribution is -2.15. The van der Waals surface area contributed by atoms with Gasteiger partial charge in [0.1, 0.15) is 5.70 Å². The summed E-state index contributed by atoms with van der Waals surface area (Å²) in [6, 6.07) is 10.0. The monoisotopic (exact) mass is 303 g/mol. The molecule has 0 N–H and O–H groups in total. The molecule has 0 unspecified atom stereocenters. The molecule has 0 saturated heterocycles. The quantitative estimate of drug-likeness (QED) is 0.494. The van der Waals surface area contributed by atoms with Crippen LogP contribution in [0.15, 0.2) is 48.7 Å². The van der Waals surface area contributed by atoms with Gasteiger partial charge in [0.05, 0.1) is 12.8 Å². The van der Waals surface area contributed by atoms with Gasteiger partial charge in [-0.15, -0.1) is 0 Å². The van der Waals surface area contributed by atoms with Crippen molar-refractivity contribution in [2.45, 2.75) is 6.92 Å². The van der Waals surface area contributed by atoms with E-state index in [1.165, 1.54) is 11.7 Å². The average molecular weight is 304 g/mol. The lowest BCUT2D eigenvalue weighted by atomic mass is 10.1. The Bertz CT molecular complexity index is 716. The van der Waals surface area contributed by atoms with Crippen LogP contribution in [0.5, 0.6) is 0 Å². The molecule has 0 aliphatic carbocycles. The van der Waals surface area contributed by atoms with Gasteiger partial charge in [-0.05, 0) is 31.2 Å². The first kappa shape index (κ1) is 15.1. The highest BCUT2D eigenvalue weighted by atomic mass is 35.5. The number of ketones is 1. The zero-order valence-corrected chi connectivity index (χ0v) is 12.4. The number of carbonyl (C=O) groups is 2. The molecule has 1 aromatic carbocycles. The van der Waals surface area contributed by atoms with Crippen LogP contribution in [0.1, 0.15) is 23.0 Å². The van der Waals surface area contributed by atoms with Crippen LogP contribution in [-0.2, 0) is 9.53 Å². The van der Waals surface area contributed by atoms with Crippen LogP contribution in [0.4, 0.5) is 0 Å². The van der Waals surface area contributed by atoms with Gasteiger partial charge >= 0.3 is 5.97 Å². The first-order valence-corrected chi connectivity index (χ1v) is 6.69. The second kappa shape index (κ2) is 6.41. The van der Waals surface area contributed by atoms with Crippen molar-refractivity contribution in [2.24, 2.45) is 0 Å². The highest BCUT2D eigenvalue weighted by Gasteiger charge is 2.19. The Morgan fingerprint density at radius 2 is 2.00 bits per heavy atom. The number of halogens is 1. The van der Waals surface area contributed by atoms with E-state index < -0.39 is 5.97 Å². The second-order valence-corrected chi connectivity index (χ2v) is 4.70. The van der Waals surface area contributed by atoms with E-state index in [0.29, 0.717) is 16.3 Å². The molecule has 1 heterocycles. The second-order valence-electron chi connectivity index (χ2n) is 4.27. The summed E-state index contributed by atoms with van der Waals surface area (Å²) in [4.78, 5) is 24.3. The minimum Gasteiger partial charge on any atom is -0.464 e. The van der Waals surface area contributed by atoms with Crippen molar-refractivity contribution < 1.29 is 14.3 Å². The Hall–Kier alpha value is -2.33. The number of hydrogen-bond acceptors (Lipinski definition) is 3. The van der Waals surface area contributed by atoms with Crippen LogP contribution in [0.2, 0.25) is 5.02 Å². The predicted molar refractivity (Wildman–Crippen MR) is 81.3 cm³/mol. The molecule has 0 saturated carbocycles. The molecule has 21 heavy (non-hydrogen) atoms. The molecule has 5 heteroatoms. The van der Waals surface area contributed by atoms with E-state index in [1.54, 1.807) is 55.6 Å². The maximum Gasteiger partial charge on any atom is 0.354 e. The first-order valence-electron chi connectivity index (χ1n) is 6.31. The molecule has 4 nitrogen and oxygen atoms in total. The standard InChI is InChI=1S/C16H14ClNO3/c1-3-13(16(20)21-2)18-9-5-8-14(18)15(19)11-6-4-7-12(17)10-11/h3-10H,1-2H3. The number of benzene rings is 1. The van der Waals surface area contributed by atoms with Crippen LogP contribution in [0.3, 0.4) is 0 Å². The molecule has 108 valence electrons. The molecular formula is C16H14ClNO3. The Kier molecular flexibility index (Phi) is 4.60. The van der Waals surface area contributed by atoms with Crippen molar-refractivity contribution in [2.75, 3.05) is 7.11 Å². The van der Waals surface area contributed by atoms with Crippen LogP contribution < -0.4 is 0 Å². The summed E-state index contributed by atoms with van der Waals surface area (Å²) in [5.41, 5.74) is 1.12. The molecule has 0 aliphatic heterocycles. The van der Waals surface area contributed by atoms with Crippen molar-refractivity contribution in [3.63, 3.8) is 0 Å². The number of allylic oxidation sites excluding steroid dienone is 1. The third-order valence-electron chi connectivity index (χ3n) is 3.00. The molecule has 0 aliphatic rings. The summed E-state index contributed by atoms with van der Waals surface area (Å²) in [6.45, 7) is 1.71. The molecule has 2 aromatic rings. The number of hydrogen-bond donors (Lipinski definition) is 0. The van der Waals surface area contributed by atoms with Crippen LogP contribution in [0, 0.1) is 0 Å². The van der Waals surface area contributed by atoms with Gasteiger partial charge in [0.25, 0.3) is 0 Å². The zero-order valence-electron chi connectivity index (χ0n) is 11.7. The van der Waals surface area contributed by atoms with Crippen molar-refractivity contribution in [1.82, 2.24) is 4.57 Å². The maximum absolute atomic E-state index is 12.6. The van der Waals surface area contributed by atoms with E-state index in [9.17, 15) is 9.59 Å². The molecule has 0 spiro atoms. The van der Waals surface area contributed by atoms with Crippen LogP contribution in [-0.4, -0.2) is 23.4 Å². The Morgan fingerprint density at radius 3 is 2.62 bits per heavy atom. The third-order valence-corrected chi connectivity index (χ3v) is 3.23. The van der Waals surface area contributed by atoms with Gasteiger partial charge in [-0.1, -0.05) is 29.8 Å². The van der Waals surface area contributed by atoms with Crippen molar-refractivity contribution in [1.29, 1.82) is 0 Å². The molecule has 2 rings (SSSR count). The van der Waals surface area contributed by atoms with E-state index in [2.05, 4.69) is 0 Å². The summed E-state index contributed by atoms with van der Waals surface area (Å²) < 4.78 is 6.24. The van der Waals surface area contributed by atoms with Gasteiger partial charge in [0.15, 0.2) is 0 Å². The highest BCUT2D eigenvalue weighted by Crippen LogP contribution is 2.18. The maximum atomic E-state index is 12.6. The molecule has 0 bridgehead atoms. The fourth-order valence-electron chi connectivity index (χ4n) is 2.01. The van der Waals surface area contributed by atoms with Crippen molar-refractivity contribution >= 4 is 29.1 Å². The molecule has 1 aromatic heterocycles. The van der Waals surface area contributed by atoms with Gasteiger partial charge in [0.2, 0.25) is 5.78 Å². The zero-order chi connectivity index (χ0) is 15.4. The number of carbonyl (C=O) groups excluding carboxylic acids is 2. The third kappa shape index (κ3) is 3.06. The molecule has 0 atom stereocenters. The summed E-state index contributed by atoms with van der Waals surface area (Å²) in [6.07, 6.45) is 3.24. The summed E-state index contributed by atoms with van der Waals surface area (Å²) >= 11 is 5.91. The minimum atomic E-state index is -0.506. The lowest BCUT2D eigenvalue weighted by Gasteiger charge is -2.10. The Labute approximate surface area is 127 Å².